The van der Waals surface area contributed by atoms with Gasteiger partial charge in [-0.2, -0.15) is 0 Å². The smallest absolute Gasteiger partial charge is 0.221 e. The predicted molar refractivity (Wildman–Crippen MR) is 55.7 cm³/mol. The van der Waals surface area contributed by atoms with Crippen LogP contribution >= 0.6 is 12.4 Å². The Morgan fingerprint density at radius 1 is 1.43 bits per heavy atom. The van der Waals surface area contributed by atoms with Crippen LogP contribution in [0.3, 0.4) is 0 Å². The lowest BCUT2D eigenvalue weighted by atomic mass is 9.92. The molecule has 0 bridgehead atoms. The van der Waals surface area contributed by atoms with Gasteiger partial charge in [-0.3, -0.25) is 0 Å². The summed E-state index contributed by atoms with van der Waals surface area (Å²) < 4.78 is 5.43. The minimum absolute atomic E-state index is 0. The Morgan fingerprint density at radius 2 is 2.21 bits per heavy atom. The Kier molecular flexibility index (Phi) is 3.89. The van der Waals surface area contributed by atoms with Gasteiger partial charge in [0.15, 0.2) is 0 Å². The molecule has 0 spiro atoms. The molecule has 1 fully saturated rings. The van der Waals surface area contributed by atoms with E-state index >= 15 is 0 Å². The zero-order chi connectivity index (χ0) is 9.26. The van der Waals surface area contributed by atoms with Crippen LogP contribution in [-0.2, 0) is 0 Å². The number of nitrogens with zero attached hydrogens (tertiary/aromatic N) is 2. The molecule has 0 aromatic carbocycles. The van der Waals surface area contributed by atoms with E-state index in [1.165, 1.54) is 6.42 Å². The van der Waals surface area contributed by atoms with Crippen molar-refractivity contribution in [1.29, 1.82) is 0 Å². The van der Waals surface area contributed by atoms with Crippen molar-refractivity contribution in [2.75, 3.05) is 6.54 Å². The first-order valence-corrected chi connectivity index (χ1v) is 4.81. The van der Waals surface area contributed by atoms with Crippen molar-refractivity contribution in [2.45, 2.75) is 38.6 Å². The molecule has 80 valence electrons. The van der Waals surface area contributed by atoms with Crippen LogP contribution in [0.15, 0.2) is 4.42 Å². The maximum absolute atomic E-state index is 5.43. The fourth-order valence-electron chi connectivity index (χ4n) is 1.84. The highest BCUT2D eigenvalue weighted by molar-refractivity contribution is 5.85. The lowest BCUT2D eigenvalue weighted by Crippen LogP contribution is -2.37. The van der Waals surface area contributed by atoms with E-state index in [0.717, 1.165) is 18.9 Å². The Labute approximate surface area is 89.9 Å². The maximum Gasteiger partial charge on any atom is 0.221 e. The largest absolute Gasteiger partial charge is 0.425 e. The van der Waals surface area contributed by atoms with Crippen molar-refractivity contribution in [3.8, 4) is 0 Å². The minimum Gasteiger partial charge on any atom is -0.425 e. The third kappa shape index (κ3) is 2.25. The van der Waals surface area contributed by atoms with Crippen LogP contribution in [0.4, 0.5) is 0 Å². The quantitative estimate of drug-likeness (QED) is 0.778. The van der Waals surface area contributed by atoms with Crippen LogP contribution in [0.5, 0.6) is 0 Å². The number of piperidine rings is 1. The standard InChI is InChI=1S/C9H15N3O.ClH/c1-6-8(4-3-5-10-6)9-12-11-7(2)13-9;/h6,8,10H,3-5H2,1-2H3;1H. The molecule has 1 N–H and O–H groups in total. The van der Waals surface area contributed by atoms with Crippen molar-refractivity contribution in [3.05, 3.63) is 11.8 Å². The molecule has 1 aromatic rings. The Morgan fingerprint density at radius 3 is 2.79 bits per heavy atom. The molecule has 0 aliphatic carbocycles. The molecule has 2 atom stereocenters. The van der Waals surface area contributed by atoms with Gasteiger partial charge in [0.2, 0.25) is 11.8 Å². The zero-order valence-electron chi connectivity index (χ0n) is 8.49. The highest BCUT2D eigenvalue weighted by Crippen LogP contribution is 2.26. The number of hydrogen-bond acceptors (Lipinski definition) is 4. The third-order valence-electron chi connectivity index (χ3n) is 2.62. The average molecular weight is 218 g/mol. The van der Waals surface area contributed by atoms with Crippen molar-refractivity contribution in [1.82, 2.24) is 15.5 Å². The molecular weight excluding hydrogens is 202 g/mol. The van der Waals surface area contributed by atoms with Crippen molar-refractivity contribution < 1.29 is 4.42 Å². The van der Waals surface area contributed by atoms with Gasteiger partial charge in [0.25, 0.3) is 0 Å². The molecule has 5 heteroatoms. The highest BCUT2D eigenvalue weighted by atomic mass is 35.5. The Bertz CT molecular complexity index is 289. The number of hydrogen-bond donors (Lipinski definition) is 1. The van der Waals surface area contributed by atoms with Crippen molar-refractivity contribution in [3.63, 3.8) is 0 Å². The molecule has 1 aromatic heterocycles. The Hall–Kier alpha value is -0.610. The summed E-state index contributed by atoms with van der Waals surface area (Å²) in [6.07, 6.45) is 2.34. The number of aromatic nitrogens is 2. The van der Waals surface area contributed by atoms with E-state index in [1.807, 2.05) is 6.92 Å². The van der Waals surface area contributed by atoms with Gasteiger partial charge in [-0.25, -0.2) is 0 Å². The summed E-state index contributed by atoms with van der Waals surface area (Å²) in [5.74, 6) is 1.85. The molecule has 1 aliphatic heterocycles. The van der Waals surface area contributed by atoms with Gasteiger partial charge < -0.3 is 9.73 Å². The van der Waals surface area contributed by atoms with Gasteiger partial charge >= 0.3 is 0 Å². The molecule has 14 heavy (non-hydrogen) atoms. The van der Waals surface area contributed by atoms with Crippen LogP contribution < -0.4 is 5.32 Å². The van der Waals surface area contributed by atoms with Crippen LogP contribution in [0.1, 0.15) is 37.5 Å². The second-order valence-corrected chi connectivity index (χ2v) is 3.65. The van der Waals surface area contributed by atoms with Crippen LogP contribution in [0.25, 0.3) is 0 Å². The lowest BCUT2D eigenvalue weighted by molar-refractivity contribution is 0.312. The summed E-state index contributed by atoms with van der Waals surface area (Å²) in [5, 5.41) is 11.3. The first-order valence-electron chi connectivity index (χ1n) is 4.81. The molecule has 1 aliphatic rings. The summed E-state index contributed by atoms with van der Waals surface area (Å²) in [6, 6.07) is 0.452. The summed E-state index contributed by atoms with van der Waals surface area (Å²) in [5.41, 5.74) is 0. The van der Waals surface area contributed by atoms with E-state index in [-0.39, 0.29) is 12.4 Å². The molecule has 2 rings (SSSR count). The van der Waals surface area contributed by atoms with Crippen molar-refractivity contribution in [2.24, 2.45) is 0 Å². The Balaban J connectivity index is 0.000000980. The number of aryl methyl sites for hydroxylation is 1. The molecule has 0 radical (unpaired) electrons. The first kappa shape index (κ1) is 11.5. The van der Waals surface area contributed by atoms with Gasteiger partial charge in [0.05, 0.1) is 5.92 Å². The summed E-state index contributed by atoms with van der Waals surface area (Å²) in [7, 11) is 0. The zero-order valence-corrected chi connectivity index (χ0v) is 9.30. The normalized spacial score (nSPS) is 27.0. The van der Waals surface area contributed by atoms with Gasteiger partial charge in [-0.1, -0.05) is 0 Å². The van der Waals surface area contributed by atoms with E-state index in [2.05, 4.69) is 22.4 Å². The molecule has 2 heterocycles. The number of rotatable bonds is 1. The monoisotopic (exact) mass is 217 g/mol. The van der Waals surface area contributed by atoms with E-state index < -0.39 is 0 Å². The SMILES string of the molecule is Cc1nnc(C2CCCNC2C)o1.Cl. The number of halogens is 1. The van der Waals surface area contributed by atoms with E-state index in [4.69, 9.17) is 4.42 Å². The van der Waals surface area contributed by atoms with E-state index in [0.29, 0.717) is 17.9 Å². The van der Waals surface area contributed by atoms with Gasteiger partial charge in [-0.15, -0.1) is 22.6 Å². The highest BCUT2D eigenvalue weighted by Gasteiger charge is 2.26. The lowest BCUT2D eigenvalue weighted by Gasteiger charge is -2.26. The molecule has 4 nitrogen and oxygen atoms in total. The molecule has 0 amide bonds. The van der Waals surface area contributed by atoms with Gasteiger partial charge in [0, 0.05) is 13.0 Å². The molecule has 0 saturated carbocycles. The summed E-state index contributed by atoms with van der Waals surface area (Å²) in [6.45, 7) is 5.10. The average Bonchev–Trinajstić information content (AvgIpc) is 2.53. The minimum atomic E-state index is 0. The maximum atomic E-state index is 5.43. The molecule has 2 unspecified atom stereocenters. The predicted octanol–water partition coefficient (Wildman–Crippen LogP) is 1.66. The van der Waals surface area contributed by atoms with Gasteiger partial charge in [-0.05, 0) is 26.3 Å². The molecule has 1 saturated heterocycles. The van der Waals surface area contributed by atoms with Crippen LogP contribution in [0, 0.1) is 6.92 Å². The fraction of sp³-hybridized carbons (Fsp3) is 0.778. The fourth-order valence-corrected chi connectivity index (χ4v) is 1.84. The summed E-state index contributed by atoms with van der Waals surface area (Å²) in [4.78, 5) is 0. The van der Waals surface area contributed by atoms with Crippen LogP contribution in [0.2, 0.25) is 0 Å². The van der Waals surface area contributed by atoms with E-state index in [1.54, 1.807) is 0 Å². The third-order valence-corrected chi connectivity index (χ3v) is 2.62. The molecular formula is C9H16ClN3O. The second-order valence-electron chi connectivity index (χ2n) is 3.65. The van der Waals surface area contributed by atoms with Crippen molar-refractivity contribution >= 4 is 12.4 Å². The summed E-state index contributed by atoms with van der Waals surface area (Å²) >= 11 is 0. The number of nitrogens with one attached hydrogen (secondary N) is 1. The van der Waals surface area contributed by atoms with Gasteiger partial charge in [0.1, 0.15) is 0 Å². The van der Waals surface area contributed by atoms with Crippen LogP contribution in [-0.4, -0.2) is 22.8 Å². The second kappa shape index (κ2) is 4.75. The van der Waals surface area contributed by atoms with E-state index in [9.17, 15) is 0 Å². The first-order chi connectivity index (χ1) is 6.27. The topological polar surface area (TPSA) is 51.0 Å².